The number of aliphatic carboxylic acids is 1. The molecule has 0 heterocycles. The minimum atomic E-state index is -1.19. The standard InChI is InChI=1S/C12H16N2O3.C2H3ClO/c13-9(6-8-4-2-1-3-5-8)11(15)7-10(14)12(16)17;3-1-2-4/h1-5,9-10H,6-7,13-14H2,(H,16,17);2H,1H2/t9?,10-;/m0./s1. The van der Waals surface area contributed by atoms with Gasteiger partial charge in [-0.05, 0) is 12.0 Å². The number of aldehydes is 1. The predicted molar refractivity (Wildman–Crippen MR) is 80.1 cm³/mol. The highest BCUT2D eigenvalue weighted by Gasteiger charge is 2.21. The van der Waals surface area contributed by atoms with Gasteiger partial charge >= 0.3 is 5.97 Å². The third-order valence-electron chi connectivity index (χ3n) is 2.51. The van der Waals surface area contributed by atoms with Gasteiger partial charge in [-0.3, -0.25) is 9.59 Å². The van der Waals surface area contributed by atoms with Crippen LogP contribution < -0.4 is 11.5 Å². The lowest BCUT2D eigenvalue weighted by Gasteiger charge is -2.12. The lowest BCUT2D eigenvalue weighted by Crippen LogP contribution is -2.40. The number of carbonyl (C=O) groups is 3. The summed E-state index contributed by atoms with van der Waals surface area (Å²) in [6.45, 7) is 0. The largest absolute Gasteiger partial charge is 0.480 e. The number of nitrogens with two attached hydrogens (primary N) is 2. The number of benzene rings is 1. The van der Waals surface area contributed by atoms with Crippen molar-refractivity contribution in [1.82, 2.24) is 0 Å². The fourth-order valence-corrected chi connectivity index (χ4v) is 1.44. The maximum atomic E-state index is 11.6. The Morgan fingerprint density at radius 2 is 1.71 bits per heavy atom. The lowest BCUT2D eigenvalue weighted by atomic mass is 9.99. The number of carbonyl (C=O) groups excluding carboxylic acids is 2. The molecule has 21 heavy (non-hydrogen) atoms. The Morgan fingerprint density at radius 1 is 1.19 bits per heavy atom. The number of carboxylic acids is 1. The van der Waals surface area contributed by atoms with E-state index in [1.165, 1.54) is 0 Å². The summed E-state index contributed by atoms with van der Waals surface area (Å²) in [7, 11) is 0. The lowest BCUT2D eigenvalue weighted by molar-refractivity contribution is -0.140. The molecule has 0 aromatic heterocycles. The first-order valence-electron chi connectivity index (χ1n) is 6.22. The second-order valence-electron chi connectivity index (χ2n) is 4.23. The van der Waals surface area contributed by atoms with Gasteiger partial charge in [-0.2, -0.15) is 0 Å². The average molecular weight is 315 g/mol. The second-order valence-corrected chi connectivity index (χ2v) is 4.54. The number of alkyl halides is 1. The van der Waals surface area contributed by atoms with Crippen LogP contribution in [0, 0.1) is 0 Å². The van der Waals surface area contributed by atoms with E-state index in [9.17, 15) is 9.59 Å². The van der Waals surface area contributed by atoms with Gasteiger partial charge in [-0.25, -0.2) is 0 Å². The van der Waals surface area contributed by atoms with Crippen LogP contribution in [0.2, 0.25) is 0 Å². The number of hydrogen-bond donors (Lipinski definition) is 3. The van der Waals surface area contributed by atoms with Gasteiger partial charge in [0.2, 0.25) is 0 Å². The van der Waals surface area contributed by atoms with Crippen LogP contribution in [0.3, 0.4) is 0 Å². The average Bonchev–Trinajstić information content (AvgIpc) is 2.48. The molecule has 0 fully saturated rings. The molecule has 1 aromatic carbocycles. The number of ketones is 1. The third kappa shape index (κ3) is 8.91. The van der Waals surface area contributed by atoms with Gasteiger partial charge in [0.1, 0.15) is 12.3 Å². The fourth-order valence-electron chi connectivity index (χ4n) is 1.44. The molecule has 0 aliphatic rings. The summed E-state index contributed by atoms with van der Waals surface area (Å²) in [5.74, 6) is -1.41. The van der Waals surface area contributed by atoms with Crippen LogP contribution >= 0.6 is 11.6 Å². The van der Waals surface area contributed by atoms with Gasteiger partial charge in [0.05, 0.1) is 11.9 Å². The maximum Gasteiger partial charge on any atom is 0.320 e. The maximum absolute atomic E-state index is 11.6. The molecular formula is C14H19ClN2O4. The van der Waals surface area contributed by atoms with Gasteiger partial charge in [-0.15, -0.1) is 11.6 Å². The van der Waals surface area contributed by atoms with Crippen LogP contribution in [0.15, 0.2) is 30.3 Å². The summed E-state index contributed by atoms with van der Waals surface area (Å²) >= 11 is 4.82. The van der Waals surface area contributed by atoms with E-state index in [0.29, 0.717) is 12.7 Å². The minimum absolute atomic E-state index is 0.111. The third-order valence-corrected chi connectivity index (χ3v) is 2.64. The van der Waals surface area contributed by atoms with E-state index in [1.54, 1.807) is 0 Å². The summed E-state index contributed by atoms with van der Waals surface area (Å²) < 4.78 is 0. The summed E-state index contributed by atoms with van der Waals surface area (Å²) in [6, 6.07) is 7.43. The topological polar surface area (TPSA) is 123 Å². The normalized spacial score (nSPS) is 12.5. The molecule has 0 radical (unpaired) electrons. The van der Waals surface area contributed by atoms with Crippen molar-refractivity contribution < 1.29 is 19.5 Å². The Kier molecular flexibility index (Phi) is 10.0. The highest BCUT2D eigenvalue weighted by Crippen LogP contribution is 2.04. The van der Waals surface area contributed by atoms with E-state index in [0.717, 1.165) is 5.56 Å². The molecule has 0 bridgehead atoms. The van der Waals surface area contributed by atoms with Crippen molar-refractivity contribution in [2.75, 3.05) is 5.88 Å². The fraction of sp³-hybridized carbons (Fsp3) is 0.357. The SMILES string of the molecule is NC(Cc1ccccc1)C(=O)C[C@H](N)C(=O)O.O=CCCl. The van der Waals surface area contributed by atoms with Crippen LogP contribution in [0.5, 0.6) is 0 Å². The van der Waals surface area contributed by atoms with Crippen LogP contribution in [0.1, 0.15) is 12.0 Å². The molecular weight excluding hydrogens is 296 g/mol. The van der Waals surface area contributed by atoms with Crippen molar-refractivity contribution in [3.8, 4) is 0 Å². The highest BCUT2D eigenvalue weighted by molar-refractivity contribution is 6.24. The van der Waals surface area contributed by atoms with Gasteiger partial charge in [-0.1, -0.05) is 30.3 Å². The van der Waals surface area contributed by atoms with Crippen molar-refractivity contribution in [3.05, 3.63) is 35.9 Å². The molecule has 2 atom stereocenters. The summed E-state index contributed by atoms with van der Waals surface area (Å²) in [5.41, 5.74) is 11.9. The molecule has 1 rings (SSSR count). The van der Waals surface area contributed by atoms with Crippen LogP contribution in [-0.4, -0.2) is 41.1 Å². The molecule has 116 valence electrons. The molecule has 0 aliphatic carbocycles. The Morgan fingerprint density at radius 3 is 2.14 bits per heavy atom. The van der Waals surface area contributed by atoms with Crippen molar-refractivity contribution in [2.24, 2.45) is 11.5 Å². The number of hydrogen-bond acceptors (Lipinski definition) is 5. The zero-order chi connectivity index (χ0) is 16.3. The van der Waals surface area contributed by atoms with E-state index in [-0.39, 0.29) is 18.1 Å². The van der Waals surface area contributed by atoms with Crippen LogP contribution in [-0.2, 0) is 20.8 Å². The Balaban J connectivity index is 0.000000885. The molecule has 1 unspecified atom stereocenters. The minimum Gasteiger partial charge on any atom is -0.480 e. The quantitative estimate of drug-likeness (QED) is 0.493. The van der Waals surface area contributed by atoms with Crippen molar-refractivity contribution in [2.45, 2.75) is 24.9 Å². The Bertz CT molecular complexity index is 454. The smallest absolute Gasteiger partial charge is 0.320 e. The first-order chi connectivity index (χ1) is 9.92. The Labute approximate surface area is 128 Å². The van der Waals surface area contributed by atoms with Gasteiger partial charge < -0.3 is 21.4 Å². The van der Waals surface area contributed by atoms with Gasteiger partial charge in [0.15, 0.2) is 5.78 Å². The molecule has 1 aromatic rings. The number of Topliss-reactive ketones (excluding diaryl/α,β-unsaturated/α-hetero) is 1. The zero-order valence-electron chi connectivity index (χ0n) is 11.4. The summed E-state index contributed by atoms with van der Waals surface area (Å²) in [6.07, 6.45) is 0.802. The molecule has 6 nitrogen and oxygen atoms in total. The predicted octanol–water partition coefficient (Wildman–Crippen LogP) is 0.352. The van der Waals surface area contributed by atoms with E-state index in [2.05, 4.69) is 0 Å². The monoisotopic (exact) mass is 314 g/mol. The highest BCUT2D eigenvalue weighted by atomic mass is 35.5. The summed E-state index contributed by atoms with van der Waals surface area (Å²) in [4.78, 5) is 31.1. The van der Waals surface area contributed by atoms with Crippen molar-refractivity contribution >= 4 is 29.6 Å². The van der Waals surface area contributed by atoms with Gasteiger partial charge in [0, 0.05) is 6.42 Å². The van der Waals surface area contributed by atoms with E-state index in [1.807, 2.05) is 30.3 Å². The van der Waals surface area contributed by atoms with Crippen LogP contribution in [0.25, 0.3) is 0 Å². The van der Waals surface area contributed by atoms with Crippen molar-refractivity contribution in [1.29, 1.82) is 0 Å². The van der Waals surface area contributed by atoms with E-state index < -0.39 is 18.1 Å². The van der Waals surface area contributed by atoms with Crippen molar-refractivity contribution in [3.63, 3.8) is 0 Å². The summed E-state index contributed by atoms with van der Waals surface area (Å²) in [5, 5.41) is 8.58. The first kappa shape index (κ1) is 19.2. The first-order valence-corrected chi connectivity index (χ1v) is 6.76. The number of rotatable bonds is 7. The van der Waals surface area contributed by atoms with Crippen LogP contribution in [0.4, 0.5) is 0 Å². The number of carboxylic acid groups (broad SMARTS) is 1. The molecule has 7 heteroatoms. The number of halogens is 1. The van der Waals surface area contributed by atoms with E-state index >= 15 is 0 Å². The molecule has 0 amide bonds. The second kappa shape index (κ2) is 11.0. The zero-order valence-corrected chi connectivity index (χ0v) is 12.2. The molecule has 0 saturated carbocycles. The Hall–Kier alpha value is -1.76. The van der Waals surface area contributed by atoms with E-state index in [4.69, 9.17) is 33.0 Å². The molecule has 0 saturated heterocycles. The molecule has 5 N–H and O–H groups in total. The molecule has 0 spiro atoms. The van der Waals surface area contributed by atoms with Gasteiger partial charge in [0.25, 0.3) is 0 Å². The molecule has 0 aliphatic heterocycles.